The first-order valence-corrected chi connectivity index (χ1v) is 12.0. The van der Waals surface area contributed by atoms with E-state index < -0.39 is 5.97 Å². The average Bonchev–Trinajstić information content (AvgIpc) is 3.28. The summed E-state index contributed by atoms with van der Waals surface area (Å²) in [5.74, 6) is -0.111. The number of carbonyl (C=O) groups excluding carboxylic acids is 2. The molecule has 3 N–H and O–H groups in total. The van der Waals surface area contributed by atoms with E-state index in [0.29, 0.717) is 41.8 Å². The van der Waals surface area contributed by atoms with Gasteiger partial charge in [-0.05, 0) is 50.4 Å². The minimum absolute atomic E-state index is 0.0891. The molecule has 2 aliphatic rings. The number of rotatable bonds is 14. The topological polar surface area (TPSA) is 95.5 Å². The molecule has 6 nitrogen and oxygen atoms in total. The minimum atomic E-state index is -0.742. The van der Waals surface area contributed by atoms with E-state index >= 15 is 0 Å². The molecule has 2 heterocycles. The van der Waals surface area contributed by atoms with Crippen LogP contribution in [-0.4, -0.2) is 46.5 Å². The number of carbonyl (C=O) groups is 3. The number of allylic oxidation sites excluding steroid dienone is 2. The lowest BCUT2D eigenvalue weighted by Gasteiger charge is -2.29. The number of unbranched alkanes of at least 4 members (excludes halogenated alkanes) is 3. The fraction of sp³-hybridized carbons (Fsp3) is 0.773. The number of carboxylic acids is 1. The van der Waals surface area contributed by atoms with E-state index in [1.54, 1.807) is 0 Å². The fourth-order valence-electron chi connectivity index (χ4n) is 4.33. The molecule has 0 aliphatic carbocycles. The van der Waals surface area contributed by atoms with Crippen molar-refractivity contribution in [2.24, 2.45) is 11.8 Å². The van der Waals surface area contributed by atoms with Gasteiger partial charge in [0.15, 0.2) is 0 Å². The molecule has 0 aromatic rings. The summed E-state index contributed by atoms with van der Waals surface area (Å²) in [6.45, 7) is 3.41. The van der Waals surface area contributed by atoms with E-state index in [1.807, 2.05) is 0 Å². The monoisotopic (exact) mass is 424 g/mol. The molecule has 29 heavy (non-hydrogen) atoms. The van der Waals surface area contributed by atoms with Crippen LogP contribution in [0.25, 0.3) is 0 Å². The van der Waals surface area contributed by atoms with Gasteiger partial charge in [0.1, 0.15) is 6.42 Å². The second-order valence-corrected chi connectivity index (χ2v) is 9.63. The van der Waals surface area contributed by atoms with Gasteiger partial charge in [-0.1, -0.05) is 31.9 Å². The van der Waals surface area contributed by atoms with Gasteiger partial charge in [0.25, 0.3) is 0 Å². The van der Waals surface area contributed by atoms with E-state index in [2.05, 4.69) is 41.5 Å². The first kappa shape index (κ1) is 23.8. The van der Waals surface area contributed by atoms with Crippen molar-refractivity contribution in [3.05, 3.63) is 12.2 Å². The van der Waals surface area contributed by atoms with Crippen LogP contribution in [0.15, 0.2) is 12.2 Å². The highest BCUT2D eigenvalue weighted by Crippen LogP contribution is 2.54. The zero-order chi connectivity index (χ0) is 21.1. The highest BCUT2D eigenvalue weighted by molar-refractivity contribution is 8.01. The third kappa shape index (κ3) is 8.41. The Labute approximate surface area is 178 Å². The van der Waals surface area contributed by atoms with E-state index in [-0.39, 0.29) is 24.7 Å². The first-order valence-electron chi connectivity index (χ1n) is 11.1. The summed E-state index contributed by atoms with van der Waals surface area (Å²) in [6.07, 6.45) is 12.5. The van der Waals surface area contributed by atoms with Gasteiger partial charge in [0.05, 0.1) is 0 Å². The first-order chi connectivity index (χ1) is 14.0. The number of thioether (sulfide) groups is 1. The predicted molar refractivity (Wildman–Crippen MR) is 117 cm³/mol. The van der Waals surface area contributed by atoms with Crippen LogP contribution >= 0.6 is 11.8 Å². The summed E-state index contributed by atoms with van der Waals surface area (Å²) >= 11 is 2.06. The molecule has 2 fully saturated rings. The molecule has 2 rings (SSSR count). The standard InChI is InChI=1S/C22H36N2O4S/c1-2-3-8-13-23-20(25)14-21(26)24-15-17-16(18-11-12-19(17)29-18)9-6-4-5-7-10-22(27)28/h4,6,16-19H,2-3,5,7-15H2,1H3,(H,23,25)(H,24,26)(H,27,28)/t16-,17+,18-,19+/m1/s1. The van der Waals surface area contributed by atoms with Crippen LogP contribution in [-0.2, 0) is 14.4 Å². The molecule has 0 aromatic carbocycles. The molecule has 4 atom stereocenters. The zero-order valence-electron chi connectivity index (χ0n) is 17.5. The van der Waals surface area contributed by atoms with Gasteiger partial charge in [-0.15, -0.1) is 0 Å². The van der Waals surface area contributed by atoms with E-state index in [0.717, 1.165) is 32.1 Å². The van der Waals surface area contributed by atoms with Crippen LogP contribution in [0, 0.1) is 11.8 Å². The Morgan fingerprint density at radius 2 is 1.72 bits per heavy atom. The third-order valence-electron chi connectivity index (χ3n) is 5.89. The highest BCUT2D eigenvalue weighted by atomic mass is 32.2. The fourth-order valence-corrected chi connectivity index (χ4v) is 6.34. The predicted octanol–water partition coefficient (Wildman–Crippen LogP) is 3.51. The number of fused-ring (bicyclic) bond motifs is 2. The average molecular weight is 425 g/mol. The maximum Gasteiger partial charge on any atom is 0.303 e. The molecule has 7 heteroatoms. The smallest absolute Gasteiger partial charge is 0.303 e. The van der Waals surface area contributed by atoms with Crippen molar-refractivity contribution in [1.29, 1.82) is 0 Å². The lowest BCUT2D eigenvalue weighted by molar-refractivity contribution is -0.137. The van der Waals surface area contributed by atoms with E-state index in [4.69, 9.17) is 5.11 Å². The number of hydrogen-bond acceptors (Lipinski definition) is 4. The number of aliphatic carboxylic acids is 1. The molecule has 164 valence electrons. The van der Waals surface area contributed by atoms with Crippen molar-refractivity contribution in [3.63, 3.8) is 0 Å². The van der Waals surface area contributed by atoms with Crippen molar-refractivity contribution in [2.75, 3.05) is 13.1 Å². The van der Waals surface area contributed by atoms with Gasteiger partial charge >= 0.3 is 5.97 Å². The molecule has 2 saturated heterocycles. The summed E-state index contributed by atoms with van der Waals surface area (Å²) < 4.78 is 0. The van der Waals surface area contributed by atoms with Crippen molar-refractivity contribution in [2.45, 2.75) is 81.6 Å². The Kier molecular flexibility index (Phi) is 10.6. The largest absolute Gasteiger partial charge is 0.481 e. The Morgan fingerprint density at radius 3 is 2.45 bits per heavy atom. The van der Waals surface area contributed by atoms with Crippen LogP contribution in [0.1, 0.15) is 71.1 Å². The molecule has 0 saturated carbocycles. The Balaban J connectivity index is 1.69. The number of nitrogens with one attached hydrogen (secondary N) is 2. The second-order valence-electron chi connectivity index (χ2n) is 8.15. The second kappa shape index (κ2) is 12.9. The molecule has 2 bridgehead atoms. The number of hydrogen-bond donors (Lipinski definition) is 3. The molecule has 0 aromatic heterocycles. The third-order valence-corrected chi connectivity index (χ3v) is 7.75. The van der Waals surface area contributed by atoms with Crippen molar-refractivity contribution >= 4 is 29.5 Å². The normalized spacial score (nSPS) is 25.4. The molecular weight excluding hydrogens is 388 g/mol. The van der Waals surface area contributed by atoms with Crippen molar-refractivity contribution < 1.29 is 19.5 Å². The van der Waals surface area contributed by atoms with Crippen LogP contribution in [0.3, 0.4) is 0 Å². The zero-order valence-corrected chi connectivity index (χ0v) is 18.3. The van der Waals surface area contributed by atoms with Gasteiger partial charge in [-0.2, -0.15) is 11.8 Å². The maximum absolute atomic E-state index is 12.2. The van der Waals surface area contributed by atoms with E-state index in [1.165, 1.54) is 12.8 Å². The number of carboxylic acid groups (broad SMARTS) is 1. The molecule has 0 spiro atoms. The molecule has 2 aliphatic heterocycles. The van der Waals surface area contributed by atoms with Crippen molar-refractivity contribution in [1.82, 2.24) is 10.6 Å². The summed E-state index contributed by atoms with van der Waals surface area (Å²) in [4.78, 5) is 34.6. The Hall–Kier alpha value is -1.50. The Bertz CT molecular complexity index is 581. The quantitative estimate of drug-likeness (QED) is 0.225. The molecule has 2 amide bonds. The van der Waals surface area contributed by atoms with Crippen LogP contribution in [0.5, 0.6) is 0 Å². The lowest BCUT2D eigenvalue weighted by Crippen LogP contribution is -2.39. The summed E-state index contributed by atoms with van der Waals surface area (Å²) in [7, 11) is 0. The molecule has 0 radical (unpaired) electrons. The van der Waals surface area contributed by atoms with Gasteiger partial charge < -0.3 is 15.7 Å². The lowest BCUT2D eigenvalue weighted by atomic mass is 9.77. The molecule has 0 unspecified atom stereocenters. The van der Waals surface area contributed by atoms with Gasteiger partial charge in [-0.3, -0.25) is 14.4 Å². The van der Waals surface area contributed by atoms with Gasteiger partial charge in [-0.25, -0.2) is 0 Å². The minimum Gasteiger partial charge on any atom is -0.481 e. The maximum atomic E-state index is 12.2. The van der Waals surface area contributed by atoms with Crippen LogP contribution in [0.2, 0.25) is 0 Å². The van der Waals surface area contributed by atoms with Gasteiger partial charge in [0.2, 0.25) is 11.8 Å². The highest BCUT2D eigenvalue weighted by Gasteiger charge is 2.47. The SMILES string of the molecule is CCCCCNC(=O)CC(=O)NC[C@H]1[C@@H](CC=CCCCC(=O)O)[C@H]2CC[C@@H]1S2. The molecular formula is C22H36N2O4S. The van der Waals surface area contributed by atoms with Crippen LogP contribution in [0.4, 0.5) is 0 Å². The summed E-state index contributed by atoms with van der Waals surface area (Å²) in [5.41, 5.74) is 0. The van der Waals surface area contributed by atoms with Crippen molar-refractivity contribution in [3.8, 4) is 0 Å². The summed E-state index contributed by atoms with van der Waals surface area (Å²) in [5, 5.41) is 15.8. The summed E-state index contributed by atoms with van der Waals surface area (Å²) in [6, 6.07) is 0. The van der Waals surface area contributed by atoms with Crippen LogP contribution < -0.4 is 10.6 Å². The van der Waals surface area contributed by atoms with Gasteiger partial charge in [0, 0.05) is 30.0 Å². The number of amides is 2. The van der Waals surface area contributed by atoms with E-state index in [9.17, 15) is 14.4 Å². The Morgan fingerprint density at radius 1 is 1.00 bits per heavy atom.